The van der Waals surface area contributed by atoms with E-state index in [4.69, 9.17) is 12.2 Å². The van der Waals surface area contributed by atoms with Crippen LogP contribution in [0.3, 0.4) is 0 Å². The van der Waals surface area contributed by atoms with Crippen molar-refractivity contribution in [1.29, 1.82) is 0 Å². The van der Waals surface area contributed by atoms with Gasteiger partial charge in [0, 0.05) is 24.1 Å². The fourth-order valence-corrected chi connectivity index (χ4v) is 5.24. The first-order valence-electron chi connectivity index (χ1n) is 11.0. The van der Waals surface area contributed by atoms with Crippen LogP contribution in [0.4, 0.5) is 0 Å². The molecule has 1 N–H and O–H groups in total. The Morgan fingerprint density at radius 3 is 2.35 bits per heavy atom. The highest BCUT2D eigenvalue weighted by Crippen LogP contribution is 2.42. The molecular formula is C26H32N4S. The molecule has 162 valence electrons. The molecule has 4 rings (SSSR count). The van der Waals surface area contributed by atoms with Crippen LogP contribution in [0.2, 0.25) is 0 Å². The zero-order valence-corrected chi connectivity index (χ0v) is 20.1. The highest BCUT2D eigenvalue weighted by molar-refractivity contribution is 7.80. The van der Waals surface area contributed by atoms with Crippen molar-refractivity contribution in [3.63, 3.8) is 0 Å². The molecule has 0 spiro atoms. The molecule has 1 aromatic carbocycles. The van der Waals surface area contributed by atoms with Gasteiger partial charge in [0.2, 0.25) is 0 Å². The van der Waals surface area contributed by atoms with Crippen molar-refractivity contribution in [2.24, 2.45) is 5.92 Å². The Morgan fingerprint density at radius 1 is 1.03 bits per heavy atom. The summed E-state index contributed by atoms with van der Waals surface area (Å²) in [4.78, 5) is 7.03. The number of hydrogen-bond donors (Lipinski definition) is 1. The SMILES string of the molecule is Cc1cccc(C)c1-n1c(C)cc([C@H]2[C@H](c3ccccn3)NC(=S)N2CC(C)C)c1C. The van der Waals surface area contributed by atoms with Gasteiger partial charge in [0.15, 0.2) is 5.11 Å². The molecule has 1 saturated heterocycles. The number of nitrogens with zero attached hydrogens (tertiary/aromatic N) is 3. The van der Waals surface area contributed by atoms with Crippen LogP contribution in [0.1, 0.15) is 59.7 Å². The third-order valence-electron chi connectivity index (χ3n) is 6.21. The topological polar surface area (TPSA) is 33.1 Å². The van der Waals surface area contributed by atoms with Crippen molar-refractivity contribution in [2.75, 3.05) is 6.54 Å². The molecule has 0 aliphatic carbocycles. The Labute approximate surface area is 191 Å². The summed E-state index contributed by atoms with van der Waals surface area (Å²) in [6.07, 6.45) is 1.86. The summed E-state index contributed by atoms with van der Waals surface area (Å²) in [5.41, 5.74) is 8.69. The third-order valence-corrected chi connectivity index (χ3v) is 6.56. The molecule has 4 nitrogen and oxygen atoms in total. The Balaban J connectivity index is 1.88. The lowest BCUT2D eigenvalue weighted by Crippen LogP contribution is -2.33. The van der Waals surface area contributed by atoms with Crippen LogP contribution in [-0.4, -0.2) is 26.1 Å². The van der Waals surface area contributed by atoms with E-state index in [-0.39, 0.29) is 12.1 Å². The summed E-state index contributed by atoms with van der Waals surface area (Å²) in [6.45, 7) is 14.2. The van der Waals surface area contributed by atoms with Gasteiger partial charge >= 0.3 is 0 Å². The Morgan fingerprint density at radius 2 is 1.74 bits per heavy atom. The van der Waals surface area contributed by atoms with Crippen molar-refractivity contribution in [2.45, 2.75) is 53.6 Å². The fourth-order valence-electron chi connectivity index (χ4n) is 4.92. The minimum absolute atomic E-state index is 0.0272. The molecule has 1 aliphatic heterocycles. The molecule has 0 radical (unpaired) electrons. The highest BCUT2D eigenvalue weighted by atomic mass is 32.1. The number of aromatic nitrogens is 2. The normalized spacial score (nSPS) is 18.7. The van der Waals surface area contributed by atoms with Gasteiger partial charge in [0.05, 0.1) is 23.5 Å². The zero-order valence-electron chi connectivity index (χ0n) is 19.3. The van der Waals surface area contributed by atoms with Crippen LogP contribution in [0, 0.1) is 33.6 Å². The summed E-state index contributed by atoms with van der Waals surface area (Å²) in [7, 11) is 0. The summed E-state index contributed by atoms with van der Waals surface area (Å²) in [5.74, 6) is 0.506. The average Bonchev–Trinajstić information content (AvgIpc) is 3.19. The van der Waals surface area contributed by atoms with Gasteiger partial charge in [-0.05, 0) is 80.7 Å². The van der Waals surface area contributed by atoms with E-state index >= 15 is 0 Å². The smallest absolute Gasteiger partial charge is 0.170 e. The van der Waals surface area contributed by atoms with E-state index in [0.29, 0.717) is 5.92 Å². The maximum atomic E-state index is 5.81. The number of para-hydroxylation sites is 1. The number of rotatable bonds is 5. The zero-order chi connectivity index (χ0) is 22.3. The first-order valence-corrected chi connectivity index (χ1v) is 11.4. The Bertz CT molecular complexity index is 1080. The lowest BCUT2D eigenvalue weighted by Gasteiger charge is -2.29. The van der Waals surface area contributed by atoms with Crippen molar-refractivity contribution >= 4 is 17.3 Å². The van der Waals surface area contributed by atoms with E-state index in [1.807, 2.05) is 12.3 Å². The highest BCUT2D eigenvalue weighted by Gasteiger charge is 2.41. The van der Waals surface area contributed by atoms with Crippen LogP contribution in [0.5, 0.6) is 0 Å². The molecule has 2 atom stereocenters. The number of aryl methyl sites for hydroxylation is 3. The number of benzene rings is 1. The molecule has 0 saturated carbocycles. The number of hydrogen-bond acceptors (Lipinski definition) is 2. The quantitative estimate of drug-likeness (QED) is 0.522. The molecule has 31 heavy (non-hydrogen) atoms. The number of thiocarbonyl (C=S) groups is 1. The van der Waals surface area contributed by atoms with E-state index in [1.54, 1.807) is 0 Å². The van der Waals surface area contributed by atoms with Crippen LogP contribution in [0.25, 0.3) is 5.69 Å². The summed E-state index contributed by atoms with van der Waals surface area (Å²) < 4.78 is 2.41. The summed E-state index contributed by atoms with van der Waals surface area (Å²) in [5, 5.41) is 4.39. The second-order valence-corrected chi connectivity index (χ2v) is 9.46. The van der Waals surface area contributed by atoms with E-state index in [1.165, 1.54) is 33.8 Å². The second-order valence-electron chi connectivity index (χ2n) is 9.08. The van der Waals surface area contributed by atoms with Gasteiger partial charge in [-0.15, -0.1) is 0 Å². The maximum absolute atomic E-state index is 5.81. The first kappa shape index (κ1) is 21.6. The van der Waals surface area contributed by atoms with Crippen molar-refractivity contribution < 1.29 is 0 Å². The molecule has 2 aromatic heterocycles. The van der Waals surface area contributed by atoms with E-state index in [2.05, 4.69) is 97.7 Å². The van der Waals surface area contributed by atoms with Gasteiger partial charge in [0.1, 0.15) is 0 Å². The van der Waals surface area contributed by atoms with Crippen molar-refractivity contribution in [3.05, 3.63) is 82.4 Å². The summed E-state index contributed by atoms with van der Waals surface area (Å²) in [6, 6.07) is 15.1. The monoisotopic (exact) mass is 432 g/mol. The molecular weight excluding hydrogens is 400 g/mol. The van der Waals surface area contributed by atoms with E-state index in [0.717, 1.165) is 17.4 Å². The van der Waals surface area contributed by atoms with Gasteiger partial charge in [-0.25, -0.2) is 0 Å². The van der Waals surface area contributed by atoms with Gasteiger partial charge < -0.3 is 14.8 Å². The Hall–Kier alpha value is -2.66. The van der Waals surface area contributed by atoms with Crippen LogP contribution >= 0.6 is 12.2 Å². The van der Waals surface area contributed by atoms with Crippen molar-refractivity contribution in [3.8, 4) is 5.69 Å². The van der Waals surface area contributed by atoms with Gasteiger partial charge in [-0.3, -0.25) is 4.98 Å². The lowest BCUT2D eigenvalue weighted by molar-refractivity contribution is 0.287. The predicted octanol–water partition coefficient (Wildman–Crippen LogP) is 5.73. The minimum atomic E-state index is 0.0272. The van der Waals surface area contributed by atoms with Gasteiger partial charge in [0.25, 0.3) is 0 Å². The maximum Gasteiger partial charge on any atom is 0.170 e. The first-order chi connectivity index (χ1) is 14.8. The molecule has 1 aliphatic rings. The van der Waals surface area contributed by atoms with E-state index in [9.17, 15) is 0 Å². The average molecular weight is 433 g/mol. The molecule has 0 unspecified atom stereocenters. The molecule has 0 amide bonds. The summed E-state index contributed by atoms with van der Waals surface area (Å²) >= 11 is 5.81. The third kappa shape index (κ3) is 3.87. The fraction of sp³-hybridized carbons (Fsp3) is 0.385. The van der Waals surface area contributed by atoms with E-state index < -0.39 is 0 Å². The predicted molar refractivity (Wildman–Crippen MR) is 132 cm³/mol. The molecule has 3 aromatic rings. The molecule has 1 fully saturated rings. The number of nitrogens with one attached hydrogen (secondary N) is 1. The van der Waals surface area contributed by atoms with Crippen molar-refractivity contribution in [1.82, 2.24) is 19.8 Å². The molecule has 0 bridgehead atoms. The largest absolute Gasteiger partial charge is 0.352 e. The standard InChI is InChI=1S/C26H32N4S/c1-16(2)15-29-25(23(28-26(29)31)22-12-7-8-13-27-22)21-14-19(5)30(20(21)6)24-17(3)10-9-11-18(24)4/h7-14,16,23,25H,15H2,1-6H3,(H,28,31)/t23-,25-/m0/s1. The molecule has 5 heteroatoms. The minimum Gasteiger partial charge on any atom is -0.352 e. The van der Waals surface area contributed by atoms with Crippen LogP contribution in [0.15, 0.2) is 48.7 Å². The van der Waals surface area contributed by atoms with Gasteiger partial charge in [-0.1, -0.05) is 38.1 Å². The van der Waals surface area contributed by atoms with Crippen LogP contribution < -0.4 is 5.32 Å². The van der Waals surface area contributed by atoms with Gasteiger partial charge in [-0.2, -0.15) is 0 Å². The molecule has 3 heterocycles. The second kappa shape index (κ2) is 8.46. The lowest BCUT2D eigenvalue weighted by atomic mass is 9.96. The Kier molecular flexibility index (Phi) is 5.89. The number of pyridine rings is 1. The van der Waals surface area contributed by atoms with Crippen LogP contribution in [-0.2, 0) is 0 Å².